The van der Waals surface area contributed by atoms with Crippen LogP contribution in [0, 0.1) is 5.82 Å². The van der Waals surface area contributed by atoms with Crippen LogP contribution < -0.4 is 5.32 Å². The molecule has 22 heavy (non-hydrogen) atoms. The van der Waals surface area contributed by atoms with E-state index in [1.165, 1.54) is 12.1 Å². The average Bonchev–Trinajstić information content (AvgIpc) is 3.01. The normalized spacial score (nSPS) is 10.5. The third-order valence-corrected chi connectivity index (χ3v) is 3.34. The van der Waals surface area contributed by atoms with E-state index in [1.807, 2.05) is 12.1 Å². The topological polar surface area (TPSA) is 57.8 Å². The number of nitrogens with one attached hydrogen (secondary N) is 2. The van der Waals surface area contributed by atoms with Gasteiger partial charge in [0.2, 0.25) is 0 Å². The van der Waals surface area contributed by atoms with E-state index in [9.17, 15) is 9.18 Å². The Kier molecular flexibility index (Phi) is 3.89. The van der Waals surface area contributed by atoms with Crippen LogP contribution in [0.15, 0.2) is 54.7 Å². The summed E-state index contributed by atoms with van der Waals surface area (Å²) < 4.78 is 13.7. The van der Waals surface area contributed by atoms with Crippen LogP contribution in [0.4, 0.5) is 10.1 Å². The lowest BCUT2D eigenvalue weighted by atomic mass is 10.1. The van der Waals surface area contributed by atoms with Gasteiger partial charge in [0.15, 0.2) is 0 Å². The second-order valence-electron chi connectivity index (χ2n) is 4.63. The minimum Gasteiger partial charge on any atom is -0.322 e. The second-order valence-corrected chi connectivity index (χ2v) is 5.07. The Morgan fingerprint density at radius 1 is 1.18 bits per heavy atom. The van der Waals surface area contributed by atoms with Crippen molar-refractivity contribution in [2.24, 2.45) is 0 Å². The molecule has 110 valence electrons. The predicted octanol–water partition coefficient (Wildman–Crippen LogP) is 4.12. The number of benzene rings is 2. The number of amides is 1. The molecule has 1 amide bonds. The molecule has 1 aromatic heterocycles. The Morgan fingerprint density at radius 3 is 2.77 bits per heavy atom. The largest absolute Gasteiger partial charge is 0.322 e. The first-order valence-corrected chi connectivity index (χ1v) is 6.87. The Balaban J connectivity index is 1.84. The van der Waals surface area contributed by atoms with Crippen molar-refractivity contribution in [3.05, 3.63) is 71.1 Å². The summed E-state index contributed by atoms with van der Waals surface area (Å²) in [5, 5.41) is 9.64. The van der Waals surface area contributed by atoms with Crippen molar-refractivity contribution < 1.29 is 9.18 Å². The van der Waals surface area contributed by atoms with Gasteiger partial charge in [-0.3, -0.25) is 9.89 Å². The van der Waals surface area contributed by atoms with E-state index in [2.05, 4.69) is 15.5 Å². The molecule has 0 aliphatic carbocycles. The maximum absolute atomic E-state index is 13.7. The molecule has 0 aliphatic rings. The number of carbonyl (C=O) groups is 1. The van der Waals surface area contributed by atoms with Gasteiger partial charge in [-0.15, -0.1) is 0 Å². The lowest BCUT2D eigenvalue weighted by molar-refractivity contribution is 0.102. The average molecular weight is 316 g/mol. The number of hydrogen-bond acceptors (Lipinski definition) is 2. The molecule has 2 N–H and O–H groups in total. The molecule has 3 rings (SSSR count). The summed E-state index contributed by atoms with van der Waals surface area (Å²) in [6, 6.07) is 12.9. The number of halogens is 2. The van der Waals surface area contributed by atoms with Crippen LogP contribution in [0.1, 0.15) is 10.4 Å². The smallest absolute Gasteiger partial charge is 0.258 e. The molecule has 0 saturated heterocycles. The van der Waals surface area contributed by atoms with Crippen LogP contribution in [0.2, 0.25) is 5.02 Å². The Bertz CT molecular complexity index is 818. The molecular weight excluding hydrogens is 305 g/mol. The van der Waals surface area contributed by atoms with Crippen molar-refractivity contribution in [1.29, 1.82) is 0 Å². The van der Waals surface area contributed by atoms with Gasteiger partial charge in [0.25, 0.3) is 5.91 Å². The lowest BCUT2D eigenvalue weighted by Crippen LogP contribution is -2.13. The Hall–Kier alpha value is -2.66. The van der Waals surface area contributed by atoms with Crippen LogP contribution in [0.25, 0.3) is 11.3 Å². The van der Waals surface area contributed by atoms with Gasteiger partial charge in [-0.25, -0.2) is 4.39 Å². The molecule has 3 aromatic rings. The van der Waals surface area contributed by atoms with Crippen molar-refractivity contribution in [3.63, 3.8) is 0 Å². The van der Waals surface area contributed by atoms with E-state index < -0.39 is 11.7 Å². The highest BCUT2D eigenvalue weighted by atomic mass is 35.5. The highest BCUT2D eigenvalue weighted by Gasteiger charge is 2.12. The van der Waals surface area contributed by atoms with Gasteiger partial charge in [0, 0.05) is 22.5 Å². The van der Waals surface area contributed by atoms with E-state index in [0.717, 1.165) is 17.3 Å². The number of anilines is 1. The maximum atomic E-state index is 13.7. The third kappa shape index (κ3) is 2.99. The van der Waals surface area contributed by atoms with E-state index in [1.54, 1.807) is 24.4 Å². The fourth-order valence-electron chi connectivity index (χ4n) is 2.05. The molecule has 0 spiro atoms. The number of aromatic amines is 1. The maximum Gasteiger partial charge on any atom is 0.258 e. The molecule has 0 bridgehead atoms. The Morgan fingerprint density at radius 2 is 2.05 bits per heavy atom. The molecule has 1 heterocycles. The number of hydrogen-bond donors (Lipinski definition) is 2. The van der Waals surface area contributed by atoms with Crippen LogP contribution in [0.5, 0.6) is 0 Å². The highest BCUT2D eigenvalue weighted by molar-refractivity contribution is 6.30. The minimum atomic E-state index is -0.658. The zero-order valence-corrected chi connectivity index (χ0v) is 12.1. The van der Waals surface area contributed by atoms with Crippen LogP contribution in [-0.4, -0.2) is 16.1 Å². The van der Waals surface area contributed by atoms with Gasteiger partial charge in [0.1, 0.15) is 5.82 Å². The number of H-pyrrole nitrogens is 1. The monoisotopic (exact) mass is 315 g/mol. The first-order chi connectivity index (χ1) is 10.6. The van der Waals surface area contributed by atoms with Crippen molar-refractivity contribution in [2.75, 3.05) is 5.32 Å². The van der Waals surface area contributed by atoms with Gasteiger partial charge < -0.3 is 5.32 Å². The van der Waals surface area contributed by atoms with Crippen molar-refractivity contribution in [2.45, 2.75) is 0 Å². The van der Waals surface area contributed by atoms with E-state index >= 15 is 0 Å². The van der Waals surface area contributed by atoms with Crippen molar-refractivity contribution >= 4 is 23.2 Å². The fourth-order valence-corrected chi connectivity index (χ4v) is 2.21. The zero-order chi connectivity index (χ0) is 15.5. The first kappa shape index (κ1) is 14.3. The number of carbonyl (C=O) groups excluding carboxylic acids is 1. The predicted molar refractivity (Wildman–Crippen MR) is 83.4 cm³/mol. The molecule has 0 saturated carbocycles. The van der Waals surface area contributed by atoms with Gasteiger partial charge in [0.05, 0.1) is 11.3 Å². The van der Waals surface area contributed by atoms with Gasteiger partial charge in [-0.2, -0.15) is 5.10 Å². The summed E-state index contributed by atoms with van der Waals surface area (Å²) in [5.41, 5.74) is 2.20. The van der Waals surface area contributed by atoms with Crippen molar-refractivity contribution in [3.8, 4) is 11.3 Å². The van der Waals surface area contributed by atoms with E-state index in [4.69, 9.17) is 11.6 Å². The molecule has 0 fully saturated rings. The molecule has 6 heteroatoms. The summed E-state index contributed by atoms with van der Waals surface area (Å²) >= 11 is 5.68. The molecule has 2 aromatic carbocycles. The number of nitrogens with zero attached hydrogens (tertiary/aromatic N) is 1. The van der Waals surface area contributed by atoms with Gasteiger partial charge >= 0.3 is 0 Å². The quantitative estimate of drug-likeness (QED) is 0.763. The number of aromatic nitrogens is 2. The number of rotatable bonds is 3. The van der Waals surface area contributed by atoms with Crippen LogP contribution >= 0.6 is 11.6 Å². The zero-order valence-electron chi connectivity index (χ0n) is 11.3. The summed E-state index contributed by atoms with van der Waals surface area (Å²) in [7, 11) is 0. The second kappa shape index (κ2) is 5.99. The van der Waals surface area contributed by atoms with Crippen LogP contribution in [-0.2, 0) is 0 Å². The minimum absolute atomic E-state index is 0.0589. The molecular formula is C16H11ClFN3O. The lowest BCUT2D eigenvalue weighted by Gasteiger charge is -2.08. The van der Waals surface area contributed by atoms with Crippen molar-refractivity contribution in [1.82, 2.24) is 10.2 Å². The standard InChI is InChI=1S/C16H11ClFN3O/c17-11-4-5-13(14(18)9-11)16(22)20-12-3-1-2-10(8-12)15-6-7-19-21-15/h1-9H,(H,19,21)(H,20,22). The summed E-state index contributed by atoms with van der Waals surface area (Å²) in [5.74, 6) is -1.19. The third-order valence-electron chi connectivity index (χ3n) is 3.11. The molecule has 0 radical (unpaired) electrons. The van der Waals surface area contributed by atoms with Gasteiger partial charge in [-0.05, 0) is 36.4 Å². The van der Waals surface area contributed by atoms with E-state index in [-0.39, 0.29) is 10.6 Å². The molecule has 4 nitrogen and oxygen atoms in total. The summed E-state index contributed by atoms with van der Waals surface area (Å²) in [6.45, 7) is 0. The molecule has 0 atom stereocenters. The molecule has 0 unspecified atom stereocenters. The molecule has 0 aliphatic heterocycles. The summed E-state index contributed by atoms with van der Waals surface area (Å²) in [6.07, 6.45) is 1.64. The SMILES string of the molecule is O=C(Nc1cccc(-c2ccn[nH]2)c1)c1ccc(Cl)cc1F. The van der Waals surface area contributed by atoms with Crippen LogP contribution in [0.3, 0.4) is 0 Å². The highest BCUT2D eigenvalue weighted by Crippen LogP contribution is 2.21. The summed E-state index contributed by atoms with van der Waals surface area (Å²) in [4.78, 5) is 12.1. The fraction of sp³-hybridized carbons (Fsp3) is 0. The van der Waals surface area contributed by atoms with E-state index in [0.29, 0.717) is 5.69 Å². The van der Waals surface area contributed by atoms with Gasteiger partial charge in [-0.1, -0.05) is 23.7 Å². The first-order valence-electron chi connectivity index (χ1n) is 6.50. The Labute approximate surface area is 130 Å².